The van der Waals surface area contributed by atoms with Gasteiger partial charge in [-0.05, 0) is 24.6 Å². The Kier molecular flexibility index (Phi) is 4.76. The zero-order chi connectivity index (χ0) is 15.4. The quantitative estimate of drug-likeness (QED) is 0.842. The Morgan fingerprint density at radius 3 is 2.95 bits per heavy atom. The maximum absolute atomic E-state index is 12.4. The lowest BCUT2D eigenvalue weighted by molar-refractivity contribution is -0.141. The molecule has 21 heavy (non-hydrogen) atoms. The highest BCUT2D eigenvalue weighted by atomic mass is 32.2. The summed E-state index contributed by atoms with van der Waals surface area (Å²) in [7, 11) is 0. The SMILES string of the molecule is C#Cc1cccc(NC(=O)N2C(CC)SCC2C(=O)O)c1. The number of hydrogen-bond donors (Lipinski definition) is 2. The van der Waals surface area contributed by atoms with Crippen molar-refractivity contribution < 1.29 is 14.7 Å². The van der Waals surface area contributed by atoms with E-state index in [9.17, 15) is 14.7 Å². The summed E-state index contributed by atoms with van der Waals surface area (Å²) >= 11 is 1.49. The van der Waals surface area contributed by atoms with E-state index in [0.717, 1.165) is 0 Å². The van der Waals surface area contributed by atoms with Crippen LogP contribution in [-0.4, -0.2) is 39.2 Å². The van der Waals surface area contributed by atoms with Crippen LogP contribution in [0, 0.1) is 12.3 Å². The molecular weight excluding hydrogens is 288 g/mol. The molecule has 1 saturated heterocycles. The first-order valence-corrected chi connectivity index (χ1v) is 7.62. The third-order valence-electron chi connectivity index (χ3n) is 3.24. The second-order valence-electron chi connectivity index (χ2n) is 4.61. The molecular formula is C15H16N2O3S. The molecule has 0 saturated carbocycles. The number of nitrogens with one attached hydrogen (secondary N) is 1. The molecule has 1 aliphatic rings. The lowest BCUT2D eigenvalue weighted by atomic mass is 10.2. The summed E-state index contributed by atoms with van der Waals surface area (Å²) in [5, 5.41) is 11.8. The Morgan fingerprint density at radius 1 is 1.57 bits per heavy atom. The highest BCUT2D eigenvalue weighted by Crippen LogP contribution is 2.31. The summed E-state index contributed by atoms with van der Waals surface area (Å²) in [6.45, 7) is 1.93. The maximum atomic E-state index is 12.4. The molecule has 1 aliphatic heterocycles. The van der Waals surface area contributed by atoms with Gasteiger partial charge in [-0.15, -0.1) is 18.2 Å². The highest BCUT2D eigenvalue weighted by Gasteiger charge is 2.40. The largest absolute Gasteiger partial charge is 0.480 e. The normalized spacial score (nSPS) is 20.9. The van der Waals surface area contributed by atoms with E-state index in [2.05, 4.69) is 11.2 Å². The number of thioether (sulfide) groups is 1. The zero-order valence-electron chi connectivity index (χ0n) is 11.6. The average molecular weight is 304 g/mol. The van der Waals surface area contributed by atoms with Gasteiger partial charge in [0.2, 0.25) is 0 Å². The summed E-state index contributed by atoms with van der Waals surface area (Å²) in [5.74, 6) is 1.92. The van der Waals surface area contributed by atoms with Crippen molar-refractivity contribution in [1.29, 1.82) is 0 Å². The number of carbonyl (C=O) groups is 2. The van der Waals surface area contributed by atoms with Crippen molar-refractivity contribution >= 4 is 29.4 Å². The third kappa shape index (κ3) is 3.31. The number of terminal acetylenes is 1. The maximum Gasteiger partial charge on any atom is 0.327 e. The van der Waals surface area contributed by atoms with E-state index < -0.39 is 18.0 Å². The summed E-state index contributed by atoms with van der Waals surface area (Å²) in [6.07, 6.45) is 6.02. The zero-order valence-corrected chi connectivity index (χ0v) is 12.4. The second kappa shape index (κ2) is 6.55. The number of amides is 2. The molecule has 0 radical (unpaired) electrons. The third-order valence-corrected chi connectivity index (χ3v) is 4.70. The highest BCUT2D eigenvalue weighted by molar-refractivity contribution is 8.00. The molecule has 2 unspecified atom stereocenters. The van der Waals surface area contributed by atoms with Crippen molar-refractivity contribution in [3.05, 3.63) is 29.8 Å². The standard InChI is InChI=1S/C15H16N2O3S/c1-3-10-6-5-7-11(8-10)16-15(20)17-12(14(18)19)9-21-13(17)4-2/h1,5-8,12-13H,4,9H2,2H3,(H,16,20)(H,18,19). The predicted octanol–water partition coefficient (Wildman–Crippen LogP) is 2.44. The molecule has 0 aliphatic carbocycles. The van der Waals surface area contributed by atoms with E-state index in [1.807, 2.05) is 6.92 Å². The van der Waals surface area contributed by atoms with Gasteiger partial charge in [0, 0.05) is 17.0 Å². The fourth-order valence-electron chi connectivity index (χ4n) is 2.22. The van der Waals surface area contributed by atoms with Crippen molar-refractivity contribution in [2.24, 2.45) is 0 Å². The fraction of sp³-hybridized carbons (Fsp3) is 0.333. The van der Waals surface area contributed by atoms with E-state index in [4.69, 9.17) is 6.42 Å². The van der Waals surface area contributed by atoms with Crippen molar-refractivity contribution in [2.75, 3.05) is 11.1 Å². The van der Waals surface area contributed by atoms with Gasteiger partial charge in [-0.1, -0.05) is 18.9 Å². The van der Waals surface area contributed by atoms with Crippen LogP contribution in [0.2, 0.25) is 0 Å². The first-order chi connectivity index (χ1) is 10.1. The summed E-state index contributed by atoms with van der Waals surface area (Å²) in [5.41, 5.74) is 1.22. The van der Waals surface area contributed by atoms with Gasteiger partial charge in [-0.2, -0.15) is 0 Å². The monoisotopic (exact) mass is 304 g/mol. The van der Waals surface area contributed by atoms with E-state index in [0.29, 0.717) is 23.4 Å². The number of carbonyl (C=O) groups excluding carboxylic acids is 1. The molecule has 1 heterocycles. The van der Waals surface area contributed by atoms with Gasteiger partial charge in [0.1, 0.15) is 6.04 Å². The molecule has 1 aromatic carbocycles. The van der Waals surface area contributed by atoms with E-state index in [1.165, 1.54) is 16.7 Å². The topological polar surface area (TPSA) is 69.6 Å². The van der Waals surface area contributed by atoms with Crippen LogP contribution in [0.15, 0.2) is 24.3 Å². The fourth-order valence-corrected chi connectivity index (χ4v) is 3.56. The molecule has 2 N–H and O–H groups in total. The number of benzene rings is 1. The molecule has 0 aromatic heterocycles. The van der Waals surface area contributed by atoms with Crippen LogP contribution in [0.5, 0.6) is 0 Å². The minimum Gasteiger partial charge on any atom is -0.480 e. The Labute approximate surface area is 127 Å². The van der Waals surface area contributed by atoms with Crippen LogP contribution in [0.25, 0.3) is 0 Å². The van der Waals surface area contributed by atoms with Crippen LogP contribution >= 0.6 is 11.8 Å². The Bertz CT molecular complexity index is 597. The van der Waals surface area contributed by atoms with E-state index >= 15 is 0 Å². The van der Waals surface area contributed by atoms with E-state index in [1.54, 1.807) is 24.3 Å². The smallest absolute Gasteiger partial charge is 0.327 e. The van der Waals surface area contributed by atoms with Gasteiger partial charge >= 0.3 is 12.0 Å². The van der Waals surface area contributed by atoms with Crippen LogP contribution in [0.4, 0.5) is 10.5 Å². The molecule has 2 atom stereocenters. The second-order valence-corrected chi connectivity index (χ2v) is 5.82. The number of carboxylic acid groups (broad SMARTS) is 1. The van der Waals surface area contributed by atoms with Crippen molar-refractivity contribution in [3.8, 4) is 12.3 Å². The molecule has 5 nitrogen and oxygen atoms in total. The van der Waals surface area contributed by atoms with Gasteiger partial charge in [-0.3, -0.25) is 4.90 Å². The molecule has 1 fully saturated rings. The summed E-state index contributed by atoms with van der Waals surface area (Å²) in [4.78, 5) is 25.1. The minimum absolute atomic E-state index is 0.123. The molecule has 0 spiro atoms. The van der Waals surface area contributed by atoms with Gasteiger partial charge in [0.05, 0.1) is 5.37 Å². The minimum atomic E-state index is -0.981. The van der Waals surface area contributed by atoms with Crippen molar-refractivity contribution in [1.82, 2.24) is 4.90 Å². The molecule has 1 aromatic rings. The number of nitrogens with zero attached hydrogens (tertiary/aromatic N) is 1. The summed E-state index contributed by atoms with van der Waals surface area (Å²) < 4.78 is 0. The van der Waals surface area contributed by atoms with Gasteiger partial charge in [-0.25, -0.2) is 9.59 Å². The Morgan fingerprint density at radius 2 is 2.33 bits per heavy atom. The first kappa shape index (κ1) is 15.3. The lowest BCUT2D eigenvalue weighted by Crippen LogP contribution is -2.47. The number of urea groups is 1. The predicted molar refractivity (Wildman–Crippen MR) is 83.2 cm³/mol. The summed E-state index contributed by atoms with van der Waals surface area (Å²) in [6, 6.07) is 5.70. The van der Waals surface area contributed by atoms with Gasteiger partial charge in [0.25, 0.3) is 0 Å². The van der Waals surface area contributed by atoms with Crippen LogP contribution < -0.4 is 5.32 Å². The average Bonchev–Trinajstić information content (AvgIpc) is 2.91. The molecule has 0 bridgehead atoms. The van der Waals surface area contributed by atoms with E-state index in [-0.39, 0.29) is 5.37 Å². The lowest BCUT2D eigenvalue weighted by Gasteiger charge is -2.26. The number of hydrogen-bond acceptors (Lipinski definition) is 3. The molecule has 6 heteroatoms. The molecule has 2 rings (SSSR count). The Balaban J connectivity index is 2.17. The van der Waals surface area contributed by atoms with Gasteiger partial charge in [0.15, 0.2) is 0 Å². The number of aliphatic carboxylic acids is 1. The van der Waals surface area contributed by atoms with Crippen molar-refractivity contribution in [2.45, 2.75) is 24.8 Å². The number of carboxylic acids is 1. The first-order valence-electron chi connectivity index (χ1n) is 6.57. The van der Waals surface area contributed by atoms with Crippen LogP contribution in [-0.2, 0) is 4.79 Å². The number of rotatable bonds is 3. The molecule has 2 amide bonds. The van der Waals surface area contributed by atoms with Crippen LogP contribution in [0.1, 0.15) is 18.9 Å². The number of anilines is 1. The van der Waals surface area contributed by atoms with Crippen molar-refractivity contribution in [3.63, 3.8) is 0 Å². The molecule has 110 valence electrons. The van der Waals surface area contributed by atoms with Crippen LogP contribution in [0.3, 0.4) is 0 Å². The van der Waals surface area contributed by atoms with Gasteiger partial charge < -0.3 is 10.4 Å². The Hall–Kier alpha value is -2.13.